The number of nitrogens with one attached hydrogen (secondary N) is 1. The number of aromatic nitrogens is 1. The van der Waals surface area contributed by atoms with E-state index in [0.717, 1.165) is 0 Å². The first-order valence-corrected chi connectivity index (χ1v) is 6.04. The molecule has 1 aromatic heterocycles. The molecule has 0 saturated carbocycles. The van der Waals surface area contributed by atoms with E-state index < -0.39 is 0 Å². The van der Waals surface area contributed by atoms with E-state index in [1.807, 2.05) is 0 Å². The maximum Gasteiger partial charge on any atom is -1.00 e. The van der Waals surface area contributed by atoms with Crippen LogP contribution in [0, 0.1) is 0 Å². The molecule has 16 heavy (non-hydrogen) atoms. The summed E-state index contributed by atoms with van der Waals surface area (Å²) in [5.74, 6) is 0. The van der Waals surface area contributed by atoms with Gasteiger partial charge in [-0.25, -0.2) is 0 Å². The second kappa shape index (κ2) is 5.71. The Balaban J connectivity index is 0.00000112. The summed E-state index contributed by atoms with van der Waals surface area (Å²) < 4.78 is 1.32. The van der Waals surface area contributed by atoms with Gasteiger partial charge < -0.3 is 24.8 Å². The molecule has 2 aromatic rings. The normalized spacial score (nSPS) is 10.8. The Morgan fingerprint density at radius 1 is 1.06 bits per heavy atom. The molecule has 0 aliphatic carbocycles. The average molecular weight is 334 g/mol. The molecule has 0 bridgehead atoms. The fourth-order valence-electron chi connectivity index (χ4n) is 1.60. The largest absolute Gasteiger partial charge is 1.00 e. The number of aromatic amines is 1. The van der Waals surface area contributed by atoms with E-state index in [4.69, 9.17) is 0 Å². The summed E-state index contributed by atoms with van der Waals surface area (Å²) in [6.45, 7) is 6.75. The summed E-state index contributed by atoms with van der Waals surface area (Å²) in [5.41, 5.74) is 2.90. The molecule has 0 radical (unpaired) electrons. The van der Waals surface area contributed by atoms with Gasteiger partial charge in [0.2, 0.25) is 0 Å². The molecule has 1 nitrogen and oxygen atoms in total. The third-order valence-electron chi connectivity index (χ3n) is 2.49. The first-order chi connectivity index (χ1) is 6.47. The molecular weight excluding hydrogens is 320 g/mol. The van der Waals surface area contributed by atoms with Crippen LogP contribution in [0.4, 0.5) is 0 Å². The molecule has 85 valence electrons. The number of halogens is 2. The monoisotopic (exact) mass is 332 g/mol. The Hall–Kier alpha value is 0.223. The average Bonchev–Trinajstić information content (AvgIpc) is 2.41. The van der Waals surface area contributed by atoms with Gasteiger partial charge in [0.15, 0.2) is 0 Å². The van der Waals surface area contributed by atoms with Crippen molar-refractivity contribution in [2.24, 2.45) is 0 Å². The van der Waals surface area contributed by atoms with Gasteiger partial charge in [0.05, 0.1) is 0 Å². The predicted molar refractivity (Wildman–Crippen MR) is 56.6 cm³/mol. The van der Waals surface area contributed by atoms with Crippen molar-refractivity contribution in [1.82, 2.24) is 4.98 Å². The molecule has 0 amide bonds. The van der Waals surface area contributed by atoms with Crippen molar-refractivity contribution >= 4 is 14.3 Å². The number of rotatable bonds is 0. The summed E-state index contributed by atoms with van der Waals surface area (Å²) in [6, 6.07) is 8.93. The minimum Gasteiger partial charge on any atom is -1.00 e. The molecule has 1 N–H and O–H groups in total. The van der Waals surface area contributed by atoms with Gasteiger partial charge in [0.1, 0.15) is 0 Å². The Labute approximate surface area is 124 Å². The van der Waals surface area contributed by atoms with E-state index in [2.05, 4.69) is 50.0 Å². The minimum atomic E-state index is 0. The SMILES string of the molecule is CC(C)(C)c1ccc2[nH][c]([Zr+2])cc2c1.[Cl-].[Cl-]. The van der Waals surface area contributed by atoms with E-state index in [9.17, 15) is 0 Å². The number of benzene rings is 1. The first-order valence-electron chi connectivity index (χ1n) is 4.82. The summed E-state index contributed by atoms with van der Waals surface area (Å²) in [7, 11) is 0. The van der Waals surface area contributed by atoms with E-state index in [0.29, 0.717) is 0 Å². The van der Waals surface area contributed by atoms with Crippen LogP contribution in [0.5, 0.6) is 0 Å². The summed E-state index contributed by atoms with van der Waals surface area (Å²) >= 11 is 1.45. The number of hydrogen-bond donors (Lipinski definition) is 1. The van der Waals surface area contributed by atoms with Gasteiger partial charge in [0, 0.05) is 0 Å². The van der Waals surface area contributed by atoms with Gasteiger partial charge in [-0.1, -0.05) is 0 Å². The van der Waals surface area contributed by atoms with Gasteiger partial charge in [-0.2, -0.15) is 0 Å². The van der Waals surface area contributed by atoms with Crippen LogP contribution >= 0.6 is 0 Å². The second-order valence-electron chi connectivity index (χ2n) is 4.74. The van der Waals surface area contributed by atoms with Crippen molar-refractivity contribution in [1.29, 1.82) is 0 Å². The Morgan fingerprint density at radius 3 is 2.25 bits per heavy atom. The molecule has 0 aliphatic heterocycles. The zero-order valence-corrected chi connectivity index (χ0v) is 13.5. The smallest absolute Gasteiger partial charge is 1.00 e. The quantitative estimate of drug-likeness (QED) is 0.518. The molecular formula is C12H14Cl2NZr. The maximum absolute atomic E-state index is 3.38. The third kappa shape index (κ3) is 3.36. The molecule has 0 atom stereocenters. The summed E-state index contributed by atoms with van der Waals surface area (Å²) in [6.07, 6.45) is 0. The zero-order chi connectivity index (χ0) is 10.3. The fourth-order valence-corrected chi connectivity index (χ4v) is 2.31. The Kier molecular flexibility index (Phi) is 5.79. The van der Waals surface area contributed by atoms with Crippen molar-refractivity contribution in [2.75, 3.05) is 0 Å². The van der Waals surface area contributed by atoms with Gasteiger partial charge in [-0.15, -0.1) is 0 Å². The van der Waals surface area contributed by atoms with E-state index >= 15 is 0 Å². The number of H-pyrrole nitrogens is 1. The van der Waals surface area contributed by atoms with Gasteiger partial charge in [0.25, 0.3) is 0 Å². The van der Waals surface area contributed by atoms with Crippen LogP contribution in [0.1, 0.15) is 26.3 Å². The van der Waals surface area contributed by atoms with Crippen molar-refractivity contribution in [3.63, 3.8) is 0 Å². The van der Waals surface area contributed by atoms with E-state index in [1.54, 1.807) is 0 Å². The summed E-state index contributed by atoms with van der Waals surface area (Å²) in [4.78, 5) is 3.38. The third-order valence-corrected chi connectivity index (χ3v) is 3.15. The molecule has 1 heterocycles. The number of fused-ring (bicyclic) bond motifs is 1. The molecule has 0 fully saturated rings. The van der Waals surface area contributed by atoms with Crippen molar-refractivity contribution < 1.29 is 49.5 Å². The Bertz CT molecular complexity index is 471. The van der Waals surface area contributed by atoms with Crippen LogP contribution in [0.15, 0.2) is 24.3 Å². The van der Waals surface area contributed by atoms with Gasteiger partial charge in [-0.3, -0.25) is 0 Å². The maximum atomic E-state index is 3.38. The molecule has 0 saturated heterocycles. The topological polar surface area (TPSA) is 15.8 Å². The minimum absolute atomic E-state index is 0. The van der Waals surface area contributed by atoms with Crippen LogP contribution in [0.3, 0.4) is 0 Å². The molecule has 0 unspecified atom stereocenters. The van der Waals surface area contributed by atoms with Gasteiger partial charge in [-0.05, 0) is 0 Å². The van der Waals surface area contributed by atoms with Crippen molar-refractivity contribution in [2.45, 2.75) is 26.2 Å². The van der Waals surface area contributed by atoms with E-state index in [-0.39, 0.29) is 30.2 Å². The molecule has 4 heteroatoms. The number of hydrogen-bond acceptors (Lipinski definition) is 0. The van der Waals surface area contributed by atoms with Crippen LogP contribution in [-0.4, -0.2) is 4.98 Å². The summed E-state index contributed by atoms with van der Waals surface area (Å²) in [5, 5.41) is 1.34. The molecule has 0 aliphatic rings. The predicted octanol–water partition coefficient (Wildman–Crippen LogP) is -3.35. The van der Waals surface area contributed by atoms with Crippen LogP contribution < -0.4 is 28.2 Å². The molecule has 1 aromatic carbocycles. The molecule has 2 rings (SSSR count). The fraction of sp³-hybridized carbons (Fsp3) is 0.333. The standard InChI is InChI=1S/C12H14N.2ClH.Zr/c1-12(2,3)10-4-5-11-9(8-10)6-7-13-11;;;/h4-6,8,13H,1-3H3;2*1H;/q;;;+2/p-2. The zero-order valence-electron chi connectivity index (χ0n) is 9.57. The van der Waals surface area contributed by atoms with Gasteiger partial charge >= 0.3 is 100 Å². The van der Waals surface area contributed by atoms with Crippen LogP contribution in [0.25, 0.3) is 10.9 Å². The van der Waals surface area contributed by atoms with Crippen LogP contribution in [-0.2, 0) is 30.1 Å². The second-order valence-corrected chi connectivity index (χ2v) is 6.06. The Morgan fingerprint density at radius 2 is 1.69 bits per heavy atom. The molecule has 0 spiro atoms. The van der Waals surface area contributed by atoms with E-state index in [1.165, 1.54) is 44.6 Å². The van der Waals surface area contributed by atoms with Crippen molar-refractivity contribution in [3.05, 3.63) is 29.8 Å². The first kappa shape index (κ1) is 16.2. The van der Waals surface area contributed by atoms with Crippen LogP contribution in [0.2, 0.25) is 0 Å². The van der Waals surface area contributed by atoms with Crippen molar-refractivity contribution in [3.8, 4) is 0 Å².